The van der Waals surface area contributed by atoms with Crippen molar-refractivity contribution < 1.29 is 12.8 Å². The Morgan fingerprint density at radius 2 is 0.688 bits per heavy atom. The van der Waals surface area contributed by atoms with Gasteiger partial charge in [0, 0.05) is 0 Å². The van der Waals surface area contributed by atoms with Crippen molar-refractivity contribution in [2.75, 3.05) is 0 Å². The Bertz CT molecular complexity index is 845. The van der Waals surface area contributed by atoms with Crippen molar-refractivity contribution >= 4 is 19.2 Å². The predicted octanol–water partition coefficient (Wildman–Crippen LogP) is 9.68. The van der Waals surface area contributed by atoms with E-state index in [0.717, 1.165) is 0 Å². The van der Waals surface area contributed by atoms with Gasteiger partial charge in [0.05, 0.1) is 0 Å². The Kier molecular flexibility index (Phi) is 8.16. The molecule has 0 bridgehead atoms. The molecule has 0 aliphatic rings. The fourth-order valence-electron chi connectivity index (χ4n) is 5.54. The van der Waals surface area contributed by atoms with Crippen molar-refractivity contribution in [3.63, 3.8) is 0 Å². The molecule has 3 aromatic carbocycles. The summed E-state index contributed by atoms with van der Waals surface area (Å²) in [6, 6.07) is 33.5. The molecular weight excluding hydrogens is 535 g/mol. The van der Waals surface area contributed by atoms with E-state index < -0.39 is 12.8 Å². The summed E-state index contributed by atoms with van der Waals surface area (Å²) in [4.78, 5) is 0. The van der Waals surface area contributed by atoms with E-state index in [1.807, 2.05) is 0 Å². The van der Waals surface area contributed by atoms with Gasteiger partial charge in [-0.05, 0) is 0 Å². The molecular formula is C30H39ITi. The summed E-state index contributed by atoms with van der Waals surface area (Å²) < 4.78 is 3.97. The molecule has 3 aromatic rings. The molecule has 170 valence electrons. The molecule has 0 N–H and O–H groups in total. The normalized spacial score (nSPS) is 13.2. The summed E-state index contributed by atoms with van der Waals surface area (Å²) in [6.07, 6.45) is 0. The van der Waals surface area contributed by atoms with Crippen LogP contribution in [0.2, 0.25) is 14.2 Å². The fourth-order valence-corrected chi connectivity index (χ4v) is 26.3. The number of hydrogen-bond acceptors (Lipinski definition) is 0. The summed E-state index contributed by atoms with van der Waals surface area (Å²) in [5.41, 5.74) is 4.97. The van der Waals surface area contributed by atoms with Crippen molar-refractivity contribution in [1.82, 2.24) is 0 Å². The summed E-state index contributed by atoms with van der Waals surface area (Å²) in [5.74, 6) is 0. The minimum atomic E-state index is -2.39. The van der Waals surface area contributed by atoms with Gasteiger partial charge in [-0.3, -0.25) is 0 Å². The first-order chi connectivity index (χ1) is 14.9. The molecule has 0 aromatic heterocycles. The SMILES string of the molecule is CC(C)([CH2][Ti]([I])([CH2]C(C)(C)c1ccccc1)[CH2]C(C)(C)c1ccccc1)c1ccccc1. The first kappa shape index (κ1) is 25.7. The molecule has 0 nitrogen and oxygen atoms in total. The molecule has 0 heterocycles. The second-order valence-electron chi connectivity index (χ2n) is 11.4. The second-order valence-corrected chi connectivity index (χ2v) is 26.1. The van der Waals surface area contributed by atoms with Crippen molar-refractivity contribution in [1.29, 1.82) is 0 Å². The maximum absolute atomic E-state index is 3.02. The Morgan fingerprint density at radius 1 is 0.469 bits per heavy atom. The number of benzene rings is 3. The third kappa shape index (κ3) is 6.58. The van der Waals surface area contributed by atoms with Crippen molar-refractivity contribution in [3.05, 3.63) is 108 Å². The van der Waals surface area contributed by atoms with Gasteiger partial charge in [0.15, 0.2) is 0 Å². The Balaban J connectivity index is 1.98. The van der Waals surface area contributed by atoms with Gasteiger partial charge < -0.3 is 0 Å². The van der Waals surface area contributed by atoms with Crippen LogP contribution in [0.3, 0.4) is 0 Å². The third-order valence-electron chi connectivity index (χ3n) is 6.94. The number of hydrogen-bond donors (Lipinski definition) is 0. The average Bonchev–Trinajstić information content (AvgIpc) is 2.74. The van der Waals surface area contributed by atoms with Crippen molar-refractivity contribution in [2.24, 2.45) is 0 Å². The van der Waals surface area contributed by atoms with Gasteiger partial charge in [-0.2, -0.15) is 0 Å². The number of rotatable bonds is 9. The monoisotopic (exact) mass is 574 g/mol. The van der Waals surface area contributed by atoms with Crippen LogP contribution in [-0.2, 0) is 29.1 Å². The van der Waals surface area contributed by atoms with Crippen LogP contribution in [0.5, 0.6) is 0 Å². The van der Waals surface area contributed by atoms with Crippen LogP contribution >= 0.6 is 19.2 Å². The first-order valence-electron chi connectivity index (χ1n) is 11.8. The van der Waals surface area contributed by atoms with Crippen LogP contribution in [0.1, 0.15) is 58.2 Å². The Hall–Kier alpha value is -0.896. The van der Waals surface area contributed by atoms with Crippen LogP contribution in [0.4, 0.5) is 0 Å². The molecule has 0 aliphatic heterocycles. The maximum atomic E-state index is 3.02. The van der Waals surface area contributed by atoms with E-state index in [2.05, 4.69) is 152 Å². The van der Waals surface area contributed by atoms with Crippen LogP contribution < -0.4 is 0 Å². The van der Waals surface area contributed by atoms with Gasteiger partial charge >= 0.3 is 212 Å². The van der Waals surface area contributed by atoms with E-state index in [1.165, 1.54) is 30.9 Å². The first-order valence-corrected chi connectivity index (χ1v) is 20.1. The Labute approximate surface area is 210 Å². The summed E-state index contributed by atoms with van der Waals surface area (Å²) >= 11 is 0.630. The van der Waals surface area contributed by atoms with E-state index in [0.29, 0.717) is 0 Å². The van der Waals surface area contributed by atoms with E-state index in [1.54, 1.807) is 0 Å². The zero-order valence-electron chi connectivity index (χ0n) is 20.7. The Morgan fingerprint density at radius 3 is 0.906 bits per heavy atom. The van der Waals surface area contributed by atoms with Crippen LogP contribution in [0.25, 0.3) is 0 Å². The van der Waals surface area contributed by atoms with Crippen molar-refractivity contribution in [3.8, 4) is 0 Å². The molecule has 32 heavy (non-hydrogen) atoms. The number of halogens is 1. The zero-order valence-corrected chi connectivity index (χ0v) is 24.4. The van der Waals surface area contributed by atoms with Gasteiger partial charge in [0.2, 0.25) is 0 Å². The van der Waals surface area contributed by atoms with Gasteiger partial charge in [-0.15, -0.1) is 0 Å². The van der Waals surface area contributed by atoms with E-state index in [-0.39, 0.29) is 16.2 Å². The quantitative estimate of drug-likeness (QED) is 0.176. The summed E-state index contributed by atoms with van der Waals surface area (Å²) in [7, 11) is 0. The van der Waals surface area contributed by atoms with E-state index in [4.69, 9.17) is 0 Å². The molecule has 0 spiro atoms. The molecule has 0 amide bonds. The van der Waals surface area contributed by atoms with E-state index in [9.17, 15) is 0 Å². The van der Waals surface area contributed by atoms with Crippen LogP contribution in [-0.4, -0.2) is 0 Å². The van der Waals surface area contributed by atoms with Crippen LogP contribution in [0.15, 0.2) is 91.0 Å². The third-order valence-corrected chi connectivity index (χ3v) is 18.8. The molecule has 0 unspecified atom stereocenters. The minimum absolute atomic E-state index is 0.183. The van der Waals surface area contributed by atoms with Gasteiger partial charge in [-0.25, -0.2) is 0 Å². The molecule has 0 radical (unpaired) electrons. The zero-order chi connectivity index (χ0) is 23.5. The van der Waals surface area contributed by atoms with Crippen molar-refractivity contribution in [2.45, 2.75) is 72.0 Å². The predicted molar refractivity (Wildman–Crippen MR) is 147 cm³/mol. The topological polar surface area (TPSA) is 0 Å². The summed E-state index contributed by atoms with van der Waals surface area (Å²) in [5, 5.41) is 0. The molecule has 0 saturated carbocycles. The molecule has 0 saturated heterocycles. The molecule has 0 atom stereocenters. The van der Waals surface area contributed by atoms with Crippen LogP contribution in [0, 0.1) is 0 Å². The standard InChI is InChI=1S/3C10H13.HI.Ti/c3*1-10(2,3)9-7-5-4-6-8-9;;/h3*4-8H,1H2,2-3H3;1H;/q;;;;+1/p-1. The molecule has 0 fully saturated rings. The molecule has 2 heteroatoms. The second kappa shape index (κ2) is 10.2. The summed E-state index contributed by atoms with van der Waals surface area (Å²) in [6.45, 7) is 14.8. The molecule has 0 aliphatic carbocycles. The van der Waals surface area contributed by atoms with Gasteiger partial charge in [0.25, 0.3) is 0 Å². The van der Waals surface area contributed by atoms with Gasteiger partial charge in [-0.1, -0.05) is 0 Å². The molecule has 3 rings (SSSR count). The van der Waals surface area contributed by atoms with Gasteiger partial charge in [0.1, 0.15) is 0 Å². The fraction of sp³-hybridized carbons (Fsp3) is 0.400. The average molecular weight is 574 g/mol. The van der Waals surface area contributed by atoms with E-state index >= 15 is 0 Å².